The molecule has 2 aromatic rings. The van der Waals surface area contributed by atoms with Crippen molar-refractivity contribution in [1.29, 1.82) is 0 Å². The van der Waals surface area contributed by atoms with Crippen molar-refractivity contribution in [3.63, 3.8) is 0 Å². The molecule has 0 unspecified atom stereocenters. The number of halogens is 1. The Hall–Kier alpha value is -2.40. The van der Waals surface area contributed by atoms with Gasteiger partial charge in [-0.15, -0.1) is 0 Å². The smallest absolute Gasteiger partial charge is 0.260 e. The summed E-state index contributed by atoms with van der Waals surface area (Å²) in [5.41, 5.74) is 1.04. The van der Waals surface area contributed by atoms with E-state index in [2.05, 4.69) is 0 Å². The van der Waals surface area contributed by atoms with E-state index >= 15 is 0 Å². The van der Waals surface area contributed by atoms with Gasteiger partial charge in [-0.2, -0.15) is 0 Å². The number of hydrogen-bond donors (Lipinski definition) is 0. The SMILES string of the molecule is O=C(COc1ccccc1F)N1CCO[C@H](c2ccccc2)C1. The van der Waals surface area contributed by atoms with Gasteiger partial charge in [0.05, 0.1) is 13.2 Å². The highest BCUT2D eigenvalue weighted by Gasteiger charge is 2.25. The van der Waals surface area contributed by atoms with E-state index in [0.29, 0.717) is 19.7 Å². The van der Waals surface area contributed by atoms with Crippen LogP contribution in [0.4, 0.5) is 4.39 Å². The molecule has 2 aromatic carbocycles. The van der Waals surface area contributed by atoms with Gasteiger partial charge in [0, 0.05) is 6.54 Å². The first-order valence-electron chi connectivity index (χ1n) is 7.55. The molecule has 0 aliphatic carbocycles. The molecule has 1 aliphatic heterocycles. The van der Waals surface area contributed by atoms with Crippen LogP contribution in [-0.2, 0) is 9.53 Å². The summed E-state index contributed by atoms with van der Waals surface area (Å²) in [6.45, 7) is 1.29. The summed E-state index contributed by atoms with van der Waals surface area (Å²) < 4.78 is 24.5. The molecule has 1 heterocycles. The summed E-state index contributed by atoms with van der Waals surface area (Å²) in [6, 6.07) is 15.9. The standard InChI is InChI=1S/C18H18FNO3/c19-15-8-4-5-9-16(15)23-13-18(21)20-10-11-22-17(12-20)14-6-2-1-3-7-14/h1-9,17H,10-13H2/t17-/m0/s1. The summed E-state index contributed by atoms with van der Waals surface area (Å²) in [4.78, 5) is 14.0. The van der Waals surface area contributed by atoms with Crippen LogP contribution in [0.1, 0.15) is 11.7 Å². The van der Waals surface area contributed by atoms with Gasteiger partial charge in [-0.3, -0.25) is 4.79 Å². The molecule has 0 saturated carbocycles. The molecule has 0 spiro atoms. The van der Waals surface area contributed by atoms with E-state index in [4.69, 9.17) is 9.47 Å². The van der Waals surface area contributed by atoms with E-state index in [0.717, 1.165) is 5.56 Å². The van der Waals surface area contributed by atoms with Crippen molar-refractivity contribution in [3.8, 4) is 5.75 Å². The van der Waals surface area contributed by atoms with Gasteiger partial charge in [-0.05, 0) is 17.7 Å². The van der Waals surface area contributed by atoms with Crippen LogP contribution in [0.5, 0.6) is 5.75 Å². The fourth-order valence-corrected chi connectivity index (χ4v) is 2.54. The highest BCUT2D eigenvalue weighted by atomic mass is 19.1. The van der Waals surface area contributed by atoms with E-state index in [-0.39, 0.29) is 24.4 Å². The monoisotopic (exact) mass is 315 g/mol. The van der Waals surface area contributed by atoms with Crippen molar-refractivity contribution in [2.45, 2.75) is 6.10 Å². The third kappa shape index (κ3) is 3.87. The third-order valence-corrected chi connectivity index (χ3v) is 3.78. The summed E-state index contributed by atoms with van der Waals surface area (Å²) in [5.74, 6) is -0.546. The fourth-order valence-electron chi connectivity index (χ4n) is 2.54. The Morgan fingerprint density at radius 3 is 2.70 bits per heavy atom. The minimum atomic E-state index is -0.468. The topological polar surface area (TPSA) is 38.8 Å². The van der Waals surface area contributed by atoms with Gasteiger partial charge in [0.1, 0.15) is 6.10 Å². The van der Waals surface area contributed by atoms with Crippen molar-refractivity contribution in [3.05, 3.63) is 66.0 Å². The van der Waals surface area contributed by atoms with Crippen LogP contribution >= 0.6 is 0 Å². The van der Waals surface area contributed by atoms with Crippen molar-refractivity contribution >= 4 is 5.91 Å². The van der Waals surface area contributed by atoms with Crippen molar-refractivity contribution in [2.24, 2.45) is 0 Å². The average molecular weight is 315 g/mol. The minimum Gasteiger partial charge on any atom is -0.481 e. The second-order valence-electron chi connectivity index (χ2n) is 5.33. The normalized spacial score (nSPS) is 17.8. The fraction of sp³-hybridized carbons (Fsp3) is 0.278. The summed E-state index contributed by atoms with van der Waals surface area (Å²) >= 11 is 0. The molecule has 5 heteroatoms. The van der Waals surface area contributed by atoms with Crippen molar-refractivity contribution < 1.29 is 18.7 Å². The predicted molar refractivity (Wildman–Crippen MR) is 83.6 cm³/mol. The van der Waals surface area contributed by atoms with Crippen LogP contribution in [0.25, 0.3) is 0 Å². The van der Waals surface area contributed by atoms with E-state index in [9.17, 15) is 9.18 Å². The molecule has 23 heavy (non-hydrogen) atoms. The maximum absolute atomic E-state index is 13.5. The highest BCUT2D eigenvalue weighted by Crippen LogP contribution is 2.22. The molecule has 1 amide bonds. The number of carbonyl (C=O) groups is 1. The summed E-state index contributed by atoms with van der Waals surface area (Å²) in [6.07, 6.45) is -0.137. The Morgan fingerprint density at radius 1 is 1.17 bits per heavy atom. The number of hydrogen-bond acceptors (Lipinski definition) is 3. The number of benzene rings is 2. The molecule has 120 valence electrons. The van der Waals surface area contributed by atoms with E-state index in [1.54, 1.807) is 17.0 Å². The molecule has 0 N–H and O–H groups in total. The Kier molecular flexibility index (Phi) is 4.88. The molecule has 4 nitrogen and oxygen atoms in total. The number of rotatable bonds is 4. The van der Waals surface area contributed by atoms with Crippen LogP contribution in [0.3, 0.4) is 0 Å². The Bertz CT molecular complexity index is 662. The minimum absolute atomic E-state index is 0.0914. The number of nitrogens with zero attached hydrogens (tertiary/aromatic N) is 1. The van der Waals surface area contributed by atoms with E-state index in [1.807, 2.05) is 30.3 Å². The van der Waals surface area contributed by atoms with E-state index in [1.165, 1.54) is 12.1 Å². The zero-order valence-electron chi connectivity index (χ0n) is 12.7. The number of para-hydroxylation sites is 1. The van der Waals surface area contributed by atoms with Crippen LogP contribution in [0, 0.1) is 5.82 Å². The first-order valence-corrected chi connectivity index (χ1v) is 7.55. The lowest BCUT2D eigenvalue weighted by Gasteiger charge is -2.33. The second-order valence-corrected chi connectivity index (χ2v) is 5.33. The third-order valence-electron chi connectivity index (χ3n) is 3.78. The van der Waals surface area contributed by atoms with Gasteiger partial charge in [-0.25, -0.2) is 4.39 Å². The first-order chi connectivity index (χ1) is 11.2. The highest BCUT2D eigenvalue weighted by molar-refractivity contribution is 5.78. The quantitative estimate of drug-likeness (QED) is 0.871. The molecule has 1 saturated heterocycles. The molecule has 0 radical (unpaired) electrons. The maximum Gasteiger partial charge on any atom is 0.260 e. The Morgan fingerprint density at radius 2 is 1.91 bits per heavy atom. The molecular formula is C18H18FNO3. The van der Waals surface area contributed by atoms with Gasteiger partial charge >= 0.3 is 0 Å². The van der Waals surface area contributed by atoms with Gasteiger partial charge in [0.2, 0.25) is 0 Å². The largest absolute Gasteiger partial charge is 0.481 e. The van der Waals surface area contributed by atoms with Gasteiger partial charge in [0.15, 0.2) is 18.2 Å². The van der Waals surface area contributed by atoms with E-state index < -0.39 is 5.82 Å². The molecule has 1 aliphatic rings. The van der Waals surface area contributed by atoms with Crippen LogP contribution in [-0.4, -0.2) is 37.1 Å². The number of morpholine rings is 1. The second kappa shape index (κ2) is 7.24. The van der Waals surface area contributed by atoms with Crippen molar-refractivity contribution in [1.82, 2.24) is 4.90 Å². The lowest BCUT2D eigenvalue weighted by molar-refractivity contribution is -0.141. The van der Waals surface area contributed by atoms with Crippen LogP contribution in [0.2, 0.25) is 0 Å². The number of carbonyl (C=O) groups excluding carboxylic acids is 1. The lowest BCUT2D eigenvalue weighted by Crippen LogP contribution is -2.44. The Balaban J connectivity index is 1.58. The number of ether oxygens (including phenoxy) is 2. The molecule has 1 atom stereocenters. The average Bonchev–Trinajstić information content (AvgIpc) is 2.62. The van der Waals surface area contributed by atoms with Gasteiger partial charge in [-0.1, -0.05) is 42.5 Å². The molecule has 1 fully saturated rings. The van der Waals surface area contributed by atoms with Crippen LogP contribution < -0.4 is 4.74 Å². The predicted octanol–water partition coefficient (Wildman–Crippen LogP) is 2.80. The first kappa shape index (κ1) is 15.5. The lowest BCUT2D eigenvalue weighted by atomic mass is 10.1. The molecule has 3 rings (SSSR count). The van der Waals surface area contributed by atoms with Gasteiger partial charge < -0.3 is 14.4 Å². The molecule has 0 bridgehead atoms. The molecule has 0 aromatic heterocycles. The van der Waals surface area contributed by atoms with Crippen LogP contribution in [0.15, 0.2) is 54.6 Å². The van der Waals surface area contributed by atoms with Crippen molar-refractivity contribution in [2.75, 3.05) is 26.3 Å². The maximum atomic E-state index is 13.5. The Labute approximate surface area is 134 Å². The summed E-state index contributed by atoms with van der Waals surface area (Å²) in [5, 5.41) is 0. The zero-order chi connectivity index (χ0) is 16.1. The number of amides is 1. The zero-order valence-corrected chi connectivity index (χ0v) is 12.7. The van der Waals surface area contributed by atoms with Gasteiger partial charge in [0.25, 0.3) is 5.91 Å². The summed E-state index contributed by atoms with van der Waals surface area (Å²) in [7, 11) is 0. The molecular weight excluding hydrogens is 297 g/mol.